The molecule has 0 atom stereocenters. The number of hydrogen-bond acceptors (Lipinski definition) is 4. The molecule has 1 aromatic rings. The van der Waals surface area contributed by atoms with Crippen LogP contribution < -0.4 is 5.32 Å². The number of Topliss-reactive ketones (excluding diaryl/α,β-unsaturated/α-hetero) is 1. The molecule has 1 N–H and O–H groups in total. The molecule has 0 unspecified atom stereocenters. The van der Waals surface area contributed by atoms with Gasteiger partial charge in [-0.1, -0.05) is 11.6 Å². The molecule has 0 heterocycles. The van der Waals surface area contributed by atoms with Gasteiger partial charge in [0.2, 0.25) is 5.78 Å². The smallest absolute Gasteiger partial charge is 0.343 e. The van der Waals surface area contributed by atoms with Crippen molar-refractivity contribution in [2.75, 3.05) is 6.61 Å². The lowest BCUT2D eigenvalue weighted by atomic mass is 10.0. The molecule has 0 aliphatic heterocycles. The number of benzene rings is 1. The van der Waals surface area contributed by atoms with E-state index in [2.05, 4.69) is 5.32 Å². The highest BCUT2D eigenvalue weighted by atomic mass is 35.5. The second kappa shape index (κ2) is 6.87. The average molecular weight is 330 g/mol. The van der Waals surface area contributed by atoms with Crippen LogP contribution in [0, 0.1) is 11.6 Å². The minimum absolute atomic E-state index is 0.0690. The summed E-state index contributed by atoms with van der Waals surface area (Å²) in [4.78, 5) is 24.2. The molecule has 7 heteroatoms. The largest absolute Gasteiger partial charge is 0.462 e. The van der Waals surface area contributed by atoms with Gasteiger partial charge in [0.05, 0.1) is 12.2 Å². The van der Waals surface area contributed by atoms with Crippen molar-refractivity contribution in [2.45, 2.75) is 25.8 Å². The molecule has 22 heavy (non-hydrogen) atoms. The van der Waals surface area contributed by atoms with E-state index in [1.54, 1.807) is 6.92 Å². The molecule has 0 amide bonds. The summed E-state index contributed by atoms with van der Waals surface area (Å²) in [7, 11) is 0. The summed E-state index contributed by atoms with van der Waals surface area (Å²) in [6, 6.07) is 2.01. The normalized spacial score (nSPS) is 14.6. The lowest BCUT2D eigenvalue weighted by Crippen LogP contribution is -2.21. The SMILES string of the molecule is CCOC(=O)/C(=C\NC1CC1)C(=O)c1ccc(F)c(Cl)c1F. The van der Waals surface area contributed by atoms with Gasteiger partial charge in [0.1, 0.15) is 16.4 Å². The van der Waals surface area contributed by atoms with E-state index >= 15 is 0 Å². The van der Waals surface area contributed by atoms with E-state index in [1.165, 1.54) is 6.20 Å². The molecule has 1 aliphatic carbocycles. The van der Waals surface area contributed by atoms with Crippen molar-refractivity contribution >= 4 is 23.4 Å². The standard InChI is InChI=1S/C15H14ClF2NO3/c1-2-22-15(21)10(7-19-8-3-4-8)14(20)9-5-6-11(17)12(16)13(9)18/h5-8,19H,2-4H2,1H3/b10-7-. The number of nitrogens with one attached hydrogen (secondary N) is 1. The Morgan fingerprint density at radius 1 is 1.41 bits per heavy atom. The third-order valence-corrected chi connectivity index (χ3v) is 3.41. The number of esters is 1. The maximum Gasteiger partial charge on any atom is 0.343 e. The second-order valence-corrected chi connectivity index (χ2v) is 5.15. The predicted molar refractivity (Wildman–Crippen MR) is 76.6 cm³/mol. The number of halogens is 3. The molecule has 1 fully saturated rings. The fourth-order valence-electron chi connectivity index (χ4n) is 1.72. The highest BCUT2D eigenvalue weighted by Gasteiger charge is 2.27. The third kappa shape index (κ3) is 3.62. The molecular weight excluding hydrogens is 316 g/mol. The van der Waals surface area contributed by atoms with Crippen LogP contribution in [0.3, 0.4) is 0 Å². The number of carbonyl (C=O) groups excluding carboxylic acids is 2. The van der Waals surface area contributed by atoms with Crippen molar-refractivity contribution < 1.29 is 23.1 Å². The molecule has 1 aliphatic rings. The van der Waals surface area contributed by atoms with E-state index in [4.69, 9.17) is 16.3 Å². The molecular formula is C15H14ClF2NO3. The maximum atomic E-state index is 13.9. The molecule has 0 saturated heterocycles. The Hall–Kier alpha value is -1.95. The lowest BCUT2D eigenvalue weighted by Gasteiger charge is -2.09. The van der Waals surface area contributed by atoms with Gasteiger partial charge in [0.15, 0.2) is 5.82 Å². The van der Waals surface area contributed by atoms with E-state index in [0.29, 0.717) is 0 Å². The topological polar surface area (TPSA) is 55.4 Å². The first-order valence-electron chi connectivity index (χ1n) is 6.77. The zero-order valence-electron chi connectivity index (χ0n) is 11.8. The van der Waals surface area contributed by atoms with Crippen molar-refractivity contribution in [3.05, 3.63) is 46.1 Å². The summed E-state index contributed by atoms with van der Waals surface area (Å²) >= 11 is 5.46. The highest BCUT2D eigenvalue weighted by molar-refractivity contribution is 6.32. The Labute approximate surface area is 131 Å². The van der Waals surface area contributed by atoms with Crippen LogP contribution in [0.1, 0.15) is 30.1 Å². The van der Waals surface area contributed by atoms with Crippen LogP contribution in [0.25, 0.3) is 0 Å². The third-order valence-electron chi connectivity index (χ3n) is 3.06. The molecule has 0 bridgehead atoms. The van der Waals surface area contributed by atoms with Gasteiger partial charge < -0.3 is 10.1 Å². The zero-order valence-corrected chi connectivity index (χ0v) is 12.5. The van der Waals surface area contributed by atoms with Crippen molar-refractivity contribution in [1.29, 1.82) is 0 Å². The quantitative estimate of drug-likeness (QED) is 0.218. The molecule has 1 aromatic carbocycles. The van der Waals surface area contributed by atoms with Gasteiger partial charge in [-0.15, -0.1) is 0 Å². The van der Waals surface area contributed by atoms with Crippen molar-refractivity contribution in [2.24, 2.45) is 0 Å². The fraction of sp³-hybridized carbons (Fsp3) is 0.333. The van der Waals surface area contributed by atoms with Gasteiger partial charge in [-0.2, -0.15) is 0 Å². The minimum Gasteiger partial charge on any atom is -0.462 e. The fourth-order valence-corrected chi connectivity index (χ4v) is 1.89. The summed E-state index contributed by atoms with van der Waals surface area (Å²) in [5.74, 6) is -3.96. The first kappa shape index (κ1) is 16.4. The summed E-state index contributed by atoms with van der Waals surface area (Å²) in [6.45, 7) is 1.66. The summed E-state index contributed by atoms with van der Waals surface area (Å²) in [5.41, 5.74) is -0.835. The molecule has 2 rings (SSSR count). The Kier molecular flexibility index (Phi) is 5.13. The van der Waals surface area contributed by atoms with E-state index in [9.17, 15) is 18.4 Å². The molecule has 4 nitrogen and oxygen atoms in total. The molecule has 1 saturated carbocycles. The van der Waals surface area contributed by atoms with Gasteiger partial charge in [0, 0.05) is 12.2 Å². The van der Waals surface area contributed by atoms with Gasteiger partial charge in [-0.25, -0.2) is 13.6 Å². The Morgan fingerprint density at radius 2 is 2.09 bits per heavy atom. The predicted octanol–water partition coefficient (Wildman–Crippen LogP) is 3.00. The Balaban J connectivity index is 2.34. The van der Waals surface area contributed by atoms with Crippen LogP contribution in [-0.4, -0.2) is 24.4 Å². The van der Waals surface area contributed by atoms with Crippen LogP contribution in [0.15, 0.2) is 23.9 Å². The number of hydrogen-bond donors (Lipinski definition) is 1. The molecule has 0 spiro atoms. The number of carbonyl (C=O) groups is 2. The number of ketones is 1. The Bertz CT molecular complexity index is 642. The van der Waals surface area contributed by atoms with Crippen LogP contribution in [0.2, 0.25) is 5.02 Å². The van der Waals surface area contributed by atoms with E-state index < -0.39 is 34.0 Å². The lowest BCUT2D eigenvalue weighted by molar-refractivity contribution is -0.138. The first-order chi connectivity index (χ1) is 10.5. The zero-order chi connectivity index (χ0) is 16.3. The van der Waals surface area contributed by atoms with Gasteiger partial charge >= 0.3 is 5.97 Å². The average Bonchev–Trinajstić information content (AvgIpc) is 3.29. The first-order valence-corrected chi connectivity index (χ1v) is 7.15. The second-order valence-electron chi connectivity index (χ2n) is 4.77. The van der Waals surface area contributed by atoms with Gasteiger partial charge in [-0.05, 0) is 31.9 Å². The summed E-state index contributed by atoms with van der Waals surface area (Å²) in [5, 5.41) is 2.09. The van der Waals surface area contributed by atoms with Crippen LogP contribution in [0.4, 0.5) is 8.78 Å². The minimum atomic E-state index is -1.20. The van der Waals surface area contributed by atoms with Crippen LogP contribution in [-0.2, 0) is 9.53 Å². The molecule has 118 valence electrons. The highest BCUT2D eigenvalue weighted by Crippen LogP contribution is 2.24. The van der Waals surface area contributed by atoms with Gasteiger partial charge in [0.25, 0.3) is 0 Å². The van der Waals surface area contributed by atoms with Crippen LogP contribution >= 0.6 is 11.6 Å². The number of ether oxygens (including phenoxy) is 1. The van der Waals surface area contributed by atoms with Crippen molar-refractivity contribution in [1.82, 2.24) is 5.32 Å². The van der Waals surface area contributed by atoms with E-state index in [-0.39, 0.29) is 18.2 Å². The van der Waals surface area contributed by atoms with Crippen molar-refractivity contribution in [3.63, 3.8) is 0 Å². The summed E-state index contributed by atoms with van der Waals surface area (Å²) in [6.07, 6.45) is 3.07. The monoisotopic (exact) mass is 329 g/mol. The van der Waals surface area contributed by atoms with Gasteiger partial charge in [-0.3, -0.25) is 4.79 Å². The van der Waals surface area contributed by atoms with E-state index in [1.807, 2.05) is 0 Å². The summed E-state index contributed by atoms with van der Waals surface area (Å²) < 4.78 is 31.9. The Morgan fingerprint density at radius 3 is 2.68 bits per heavy atom. The van der Waals surface area contributed by atoms with Crippen molar-refractivity contribution in [3.8, 4) is 0 Å². The van der Waals surface area contributed by atoms with E-state index in [0.717, 1.165) is 25.0 Å². The molecule has 0 radical (unpaired) electrons. The maximum absolute atomic E-state index is 13.9. The number of rotatable bonds is 6. The van der Waals surface area contributed by atoms with Crippen LogP contribution in [0.5, 0.6) is 0 Å². The molecule has 0 aromatic heterocycles.